The molecule has 0 aliphatic rings. The second-order valence-corrected chi connectivity index (χ2v) is 3.78. The predicted octanol–water partition coefficient (Wildman–Crippen LogP) is 0.974. The van der Waals surface area contributed by atoms with Crippen molar-refractivity contribution in [3.63, 3.8) is 0 Å². The second kappa shape index (κ2) is 4.65. The first kappa shape index (κ1) is 9.87. The molecule has 0 radical (unpaired) electrons. The van der Waals surface area contributed by atoms with Gasteiger partial charge in [-0.25, -0.2) is 0 Å². The van der Waals surface area contributed by atoms with Crippen molar-refractivity contribution in [3.8, 4) is 0 Å². The molecular formula is C6H11IN2O. The van der Waals surface area contributed by atoms with Crippen LogP contribution in [0.5, 0.6) is 0 Å². The normalized spacial score (nSPS) is 14.6. The molecule has 1 N–H and O–H groups in total. The maximum Gasteiger partial charge on any atom is 0.237 e. The number of amidine groups is 1. The van der Waals surface area contributed by atoms with Crippen LogP contribution in [0.15, 0.2) is 4.99 Å². The van der Waals surface area contributed by atoms with E-state index in [2.05, 4.69) is 32.9 Å². The fourth-order valence-electron chi connectivity index (χ4n) is 0.334. The molecule has 1 amide bonds. The lowest BCUT2D eigenvalue weighted by Gasteiger charge is -2.03. The first-order valence-corrected chi connectivity index (χ1v) is 4.20. The number of halogens is 1. The summed E-state index contributed by atoms with van der Waals surface area (Å²) in [5.41, 5.74) is 0. The molecule has 0 saturated heterocycles. The molecule has 58 valence electrons. The highest BCUT2D eigenvalue weighted by atomic mass is 127. The number of nitrogens with zero attached hydrogens (tertiary/aromatic N) is 1. The Balaban J connectivity index is 3.81. The van der Waals surface area contributed by atoms with Gasteiger partial charge in [-0.2, -0.15) is 0 Å². The number of hydrogen-bond donors (Lipinski definition) is 1. The Bertz CT molecular complexity index is 154. The van der Waals surface area contributed by atoms with E-state index in [1.807, 2.05) is 6.92 Å². The number of amides is 1. The summed E-state index contributed by atoms with van der Waals surface area (Å²) in [5.74, 6) is 0.664. The third kappa shape index (κ3) is 3.81. The number of carbonyl (C=O) groups is 1. The summed E-state index contributed by atoms with van der Waals surface area (Å²) in [6.45, 7) is 3.59. The SMILES string of the molecule is CN=C(C)NC(=O)C(C)I. The van der Waals surface area contributed by atoms with Gasteiger partial charge in [0.05, 0.1) is 9.76 Å². The fraction of sp³-hybridized carbons (Fsp3) is 0.667. The van der Waals surface area contributed by atoms with Crippen molar-refractivity contribution in [2.24, 2.45) is 4.99 Å². The highest BCUT2D eigenvalue weighted by molar-refractivity contribution is 14.1. The molecule has 0 fully saturated rings. The predicted molar refractivity (Wildman–Crippen MR) is 50.7 cm³/mol. The van der Waals surface area contributed by atoms with Crippen molar-refractivity contribution in [1.82, 2.24) is 5.32 Å². The minimum Gasteiger partial charge on any atom is -0.314 e. The molecule has 0 aromatic heterocycles. The number of carbonyl (C=O) groups excluding carboxylic acids is 1. The van der Waals surface area contributed by atoms with Gasteiger partial charge in [0.25, 0.3) is 0 Å². The Kier molecular flexibility index (Phi) is 4.59. The lowest BCUT2D eigenvalue weighted by atomic mass is 10.4. The molecule has 4 heteroatoms. The first-order chi connectivity index (χ1) is 4.57. The fourth-order valence-corrected chi connectivity index (χ4v) is 0.489. The Morgan fingerprint density at radius 3 is 2.50 bits per heavy atom. The zero-order chi connectivity index (χ0) is 8.15. The quantitative estimate of drug-likeness (QED) is 0.322. The van der Waals surface area contributed by atoms with Crippen LogP contribution in [0.25, 0.3) is 0 Å². The summed E-state index contributed by atoms with van der Waals surface area (Å²) in [5, 5.41) is 2.63. The van der Waals surface area contributed by atoms with Crippen molar-refractivity contribution in [1.29, 1.82) is 0 Å². The van der Waals surface area contributed by atoms with E-state index < -0.39 is 0 Å². The summed E-state index contributed by atoms with van der Waals surface area (Å²) in [6.07, 6.45) is 0. The maximum atomic E-state index is 10.9. The number of hydrogen-bond acceptors (Lipinski definition) is 2. The van der Waals surface area contributed by atoms with Gasteiger partial charge in [0.2, 0.25) is 5.91 Å². The van der Waals surface area contributed by atoms with E-state index in [9.17, 15) is 4.79 Å². The van der Waals surface area contributed by atoms with Gasteiger partial charge < -0.3 is 5.32 Å². The lowest BCUT2D eigenvalue weighted by molar-refractivity contribution is -0.118. The van der Waals surface area contributed by atoms with Gasteiger partial charge in [-0.1, -0.05) is 22.6 Å². The molecule has 0 aromatic carbocycles. The van der Waals surface area contributed by atoms with Crippen LogP contribution in [0.4, 0.5) is 0 Å². The van der Waals surface area contributed by atoms with Gasteiger partial charge in [0, 0.05) is 7.05 Å². The Morgan fingerprint density at radius 1 is 1.70 bits per heavy atom. The maximum absolute atomic E-state index is 10.9. The highest BCUT2D eigenvalue weighted by Crippen LogP contribution is 1.96. The number of rotatable bonds is 1. The third-order valence-electron chi connectivity index (χ3n) is 1.00. The second-order valence-electron chi connectivity index (χ2n) is 1.91. The topological polar surface area (TPSA) is 41.5 Å². The minimum absolute atomic E-state index is 0.00343. The van der Waals surface area contributed by atoms with Crippen LogP contribution in [0.2, 0.25) is 0 Å². The van der Waals surface area contributed by atoms with E-state index in [1.165, 1.54) is 0 Å². The smallest absolute Gasteiger partial charge is 0.237 e. The summed E-state index contributed by atoms with van der Waals surface area (Å²) in [6, 6.07) is 0. The van der Waals surface area contributed by atoms with Gasteiger partial charge in [-0.15, -0.1) is 0 Å². The van der Waals surface area contributed by atoms with Crippen LogP contribution < -0.4 is 5.32 Å². The number of aliphatic imine (C=N–C) groups is 1. The number of alkyl halides is 1. The van der Waals surface area contributed by atoms with E-state index >= 15 is 0 Å². The average molecular weight is 254 g/mol. The van der Waals surface area contributed by atoms with Gasteiger partial charge in [-0.3, -0.25) is 9.79 Å². The van der Waals surface area contributed by atoms with E-state index in [0.717, 1.165) is 0 Å². The summed E-state index contributed by atoms with van der Waals surface area (Å²) in [7, 11) is 1.65. The monoisotopic (exact) mass is 254 g/mol. The number of nitrogens with one attached hydrogen (secondary N) is 1. The Labute approximate surface area is 74.4 Å². The van der Waals surface area contributed by atoms with E-state index in [0.29, 0.717) is 5.84 Å². The molecule has 1 atom stereocenters. The molecule has 0 rings (SSSR count). The van der Waals surface area contributed by atoms with E-state index in [1.54, 1.807) is 14.0 Å². The molecule has 1 unspecified atom stereocenters. The minimum atomic E-state index is -0.00528. The van der Waals surface area contributed by atoms with Crippen LogP contribution in [-0.2, 0) is 4.79 Å². The zero-order valence-corrected chi connectivity index (χ0v) is 8.47. The van der Waals surface area contributed by atoms with Crippen LogP contribution in [0.3, 0.4) is 0 Å². The third-order valence-corrected chi connectivity index (χ3v) is 1.57. The van der Waals surface area contributed by atoms with Crippen molar-refractivity contribution < 1.29 is 4.79 Å². The molecule has 0 saturated carbocycles. The van der Waals surface area contributed by atoms with Gasteiger partial charge in [-0.05, 0) is 13.8 Å². The molecule has 0 spiro atoms. The lowest BCUT2D eigenvalue weighted by Crippen LogP contribution is -2.33. The molecule has 0 aliphatic heterocycles. The van der Waals surface area contributed by atoms with Crippen molar-refractivity contribution >= 4 is 34.3 Å². The first-order valence-electron chi connectivity index (χ1n) is 2.96. The Morgan fingerprint density at radius 2 is 2.20 bits per heavy atom. The van der Waals surface area contributed by atoms with Crippen molar-refractivity contribution in [2.75, 3.05) is 7.05 Å². The van der Waals surface area contributed by atoms with Gasteiger partial charge >= 0.3 is 0 Å². The van der Waals surface area contributed by atoms with Gasteiger partial charge in [0.1, 0.15) is 0 Å². The van der Waals surface area contributed by atoms with E-state index in [-0.39, 0.29) is 9.83 Å². The highest BCUT2D eigenvalue weighted by Gasteiger charge is 2.07. The Hall–Kier alpha value is -0.130. The van der Waals surface area contributed by atoms with Crippen LogP contribution >= 0.6 is 22.6 Å². The molecule has 10 heavy (non-hydrogen) atoms. The largest absolute Gasteiger partial charge is 0.314 e. The molecule has 3 nitrogen and oxygen atoms in total. The summed E-state index contributed by atoms with van der Waals surface area (Å²) in [4.78, 5) is 14.7. The standard InChI is InChI=1S/C6H11IN2O/c1-4(7)6(10)9-5(2)8-3/h4H,1-3H3,(H,8,9,10). The molecular weight excluding hydrogens is 243 g/mol. The molecule has 0 aliphatic carbocycles. The van der Waals surface area contributed by atoms with Crippen molar-refractivity contribution in [2.45, 2.75) is 17.8 Å². The van der Waals surface area contributed by atoms with Crippen LogP contribution in [-0.4, -0.2) is 22.7 Å². The van der Waals surface area contributed by atoms with Crippen LogP contribution in [0, 0.1) is 0 Å². The molecule has 0 heterocycles. The summed E-state index contributed by atoms with van der Waals surface area (Å²) < 4.78 is -0.00528. The van der Waals surface area contributed by atoms with E-state index in [4.69, 9.17) is 0 Å². The zero-order valence-electron chi connectivity index (χ0n) is 6.31. The van der Waals surface area contributed by atoms with Crippen molar-refractivity contribution in [3.05, 3.63) is 0 Å². The van der Waals surface area contributed by atoms with Gasteiger partial charge in [0.15, 0.2) is 0 Å². The average Bonchev–Trinajstić information content (AvgIpc) is 1.87. The summed E-state index contributed by atoms with van der Waals surface area (Å²) >= 11 is 2.05. The molecule has 0 bridgehead atoms. The molecule has 0 aromatic rings. The van der Waals surface area contributed by atoms with Crippen LogP contribution in [0.1, 0.15) is 13.8 Å².